The Hall–Kier alpha value is -2.08. The molecule has 0 heterocycles. The van der Waals surface area contributed by atoms with Gasteiger partial charge in [-0.3, -0.25) is 14.4 Å². The number of carbonyl (C=O) groups excluding carboxylic acids is 3. The van der Waals surface area contributed by atoms with Crippen LogP contribution in [-0.2, 0) is 9.59 Å². The van der Waals surface area contributed by atoms with E-state index in [4.69, 9.17) is 17.3 Å². The Balaban J connectivity index is 1.73. The highest BCUT2D eigenvalue weighted by atomic mass is 35.5. The SMILES string of the molecule is NC(=O)[C@@H]1CCC[C@@H]1NC(=O)CCNC(=O)c1ccc(Cl)cc1. The van der Waals surface area contributed by atoms with Gasteiger partial charge in [-0.25, -0.2) is 0 Å². The summed E-state index contributed by atoms with van der Waals surface area (Å²) in [5.74, 6) is -1.11. The smallest absolute Gasteiger partial charge is 0.251 e. The molecule has 124 valence electrons. The zero-order chi connectivity index (χ0) is 16.8. The molecule has 0 aliphatic heterocycles. The number of amides is 3. The van der Waals surface area contributed by atoms with E-state index in [1.165, 1.54) is 0 Å². The predicted octanol–water partition coefficient (Wildman–Crippen LogP) is 1.23. The van der Waals surface area contributed by atoms with Crippen LogP contribution in [0.1, 0.15) is 36.0 Å². The van der Waals surface area contributed by atoms with Crippen LogP contribution in [0.25, 0.3) is 0 Å². The Bertz CT molecular complexity index is 589. The Morgan fingerprint density at radius 2 is 1.87 bits per heavy atom. The van der Waals surface area contributed by atoms with Crippen molar-refractivity contribution in [2.75, 3.05) is 6.54 Å². The van der Waals surface area contributed by atoms with Gasteiger partial charge in [-0.15, -0.1) is 0 Å². The zero-order valence-electron chi connectivity index (χ0n) is 12.7. The fourth-order valence-corrected chi connectivity index (χ4v) is 2.87. The standard InChI is InChI=1S/C16H20ClN3O3/c17-11-6-4-10(5-7-11)16(23)19-9-8-14(21)20-13-3-1-2-12(13)15(18)22/h4-7,12-13H,1-3,8-9H2,(H2,18,22)(H,19,23)(H,20,21)/t12-,13+/m1/s1. The molecule has 6 nitrogen and oxygen atoms in total. The molecule has 1 aliphatic carbocycles. The highest BCUT2D eigenvalue weighted by Crippen LogP contribution is 2.25. The molecule has 0 radical (unpaired) electrons. The van der Waals surface area contributed by atoms with E-state index >= 15 is 0 Å². The lowest BCUT2D eigenvalue weighted by atomic mass is 10.0. The molecule has 2 rings (SSSR count). The van der Waals surface area contributed by atoms with E-state index in [0.717, 1.165) is 12.8 Å². The molecular formula is C16H20ClN3O3. The molecule has 0 unspecified atom stereocenters. The van der Waals surface area contributed by atoms with Gasteiger partial charge in [-0.2, -0.15) is 0 Å². The van der Waals surface area contributed by atoms with Crippen molar-refractivity contribution in [1.29, 1.82) is 0 Å². The molecule has 1 aromatic rings. The lowest BCUT2D eigenvalue weighted by Crippen LogP contribution is -2.43. The van der Waals surface area contributed by atoms with E-state index in [-0.39, 0.29) is 42.6 Å². The Kier molecular flexibility index (Phi) is 5.98. The number of nitrogens with one attached hydrogen (secondary N) is 2. The second-order valence-electron chi connectivity index (χ2n) is 5.63. The average Bonchev–Trinajstić information content (AvgIpc) is 2.96. The van der Waals surface area contributed by atoms with Gasteiger partial charge in [-0.1, -0.05) is 18.0 Å². The number of hydrogen-bond acceptors (Lipinski definition) is 3. The van der Waals surface area contributed by atoms with Crippen LogP contribution in [-0.4, -0.2) is 30.3 Å². The van der Waals surface area contributed by atoms with Gasteiger partial charge in [-0.05, 0) is 37.1 Å². The molecule has 1 aromatic carbocycles. The Morgan fingerprint density at radius 3 is 2.52 bits per heavy atom. The molecule has 23 heavy (non-hydrogen) atoms. The summed E-state index contributed by atoms with van der Waals surface area (Å²) in [6.45, 7) is 0.223. The monoisotopic (exact) mass is 337 g/mol. The van der Waals surface area contributed by atoms with Gasteiger partial charge < -0.3 is 16.4 Å². The number of primary amides is 1. The quantitative estimate of drug-likeness (QED) is 0.727. The third kappa shape index (κ3) is 4.96. The predicted molar refractivity (Wildman–Crippen MR) is 86.9 cm³/mol. The second-order valence-corrected chi connectivity index (χ2v) is 6.06. The van der Waals surface area contributed by atoms with E-state index in [1.807, 2.05) is 0 Å². The van der Waals surface area contributed by atoms with Gasteiger partial charge in [0.05, 0.1) is 5.92 Å². The number of rotatable bonds is 6. The molecule has 1 fully saturated rings. The van der Waals surface area contributed by atoms with Gasteiger partial charge in [0.2, 0.25) is 11.8 Å². The number of carbonyl (C=O) groups is 3. The minimum Gasteiger partial charge on any atom is -0.369 e. The number of nitrogens with two attached hydrogens (primary N) is 1. The van der Waals surface area contributed by atoms with Crippen LogP contribution in [0.2, 0.25) is 5.02 Å². The molecule has 2 atom stereocenters. The van der Waals surface area contributed by atoms with Gasteiger partial charge >= 0.3 is 0 Å². The van der Waals surface area contributed by atoms with Crippen LogP contribution in [0.4, 0.5) is 0 Å². The molecule has 7 heteroatoms. The maximum absolute atomic E-state index is 11.9. The topological polar surface area (TPSA) is 101 Å². The van der Waals surface area contributed by atoms with Gasteiger partial charge in [0.25, 0.3) is 5.91 Å². The third-order valence-electron chi connectivity index (χ3n) is 3.97. The molecular weight excluding hydrogens is 318 g/mol. The van der Waals surface area contributed by atoms with Crippen molar-refractivity contribution in [2.45, 2.75) is 31.7 Å². The van der Waals surface area contributed by atoms with Crippen LogP contribution < -0.4 is 16.4 Å². The van der Waals surface area contributed by atoms with E-state index < -0.39 is 0 Å². The van der Waals surface area contributed by atoms with Crippen molar-refractivity contribution in [3.63, 3.8) is 0 Å². The summed E-state index contributed by atoms with van der Waals surface area (Å²) in [7, 11) is 0. The first-order chi connectivity index (χ1) is 11.0. The molecule has 3 amide bonds. The molecule has 0 aromatic heterocycles. The minimum atomic E-state index is -0.371. The van der Waals surface area contributed by atoms with Crippen LogP contribution in [0, 0.1) is 5.92 Å². The molecule has 1 aliphatic rings. The Morgan fingerprint density at radius 1 is 1.17 bits per heavy atom. The number of hydrogen-bond donors (Lipinski definition) is 3. The average molecular weight is 338 g/mol. The summed E-state index contributed by atoms with van der Waals surface area (Å²) in [4.78, 5) is 35.1. The molecule has 4 N–H and O–H groups in total. The van der Waals surface area contributed by atoms with Crippen LogP contribution >= 0.6 is 11.6 Å². The van der Waals surface area contributed by atoms with Crippen molar-refractivity contribution >= 4 is 29.3 Å². The summed E-state index contributed by atoms with van der Waals surface area (Å²) in [5, 5.41) is 6.05. The van der Waals surface area contributed by atoms with E-state index in [0.29, 0.717) is 17.0 Å². The lowest BCUT2D eigenvalue weighted by molar-refractivity contribution is -0.124. The zero-order valence-corrected chi connectivity index (χ0v) is 13.4. The summed E-state index contributed by atoms with van der Waals surface area (Å²) >= 11 is 5.76. The van der Waals surface area contributed by atoms with Crippen molar-refractivity contribution in [3.05, 3.63) is 34.9 Å². The minimum absolute atomic E-state index is 0.154. The van der Waals surface area contributed by atoms with Crippen molar-refractivity contribution < 1.29 is 14.4 Å². The molecule has 0 bridgehead atoms. The van der Waals surface area contributed by atoms with E-state index in [2.05, 4.69) is 10.6 Å². The van der Waals surface area contributed by atoms with Crippen molar-refractivity contribution in [2.24, 2.45) is 11.7 Å². The lowest BCUT2D eigenvalue weighted by Gasteiger charge is -2.18. The normalized spacial score (nSPS) is 20.0. The Labute approximate surface area is 139 Å². The first-order valence-electron chi connectivity index (χ1n) is 7.60. The fourth-order valence-electron chi connectivity index (χ4n) is 2.75. The first kappa shape index (κ1) is 17.3. The number of benzene rings is 1. The van der Waals surface area contributed by atoms with Gasteiger partial charge in [0.1, 0.15) is 0 Å². The summed E-state index contributed by atoms with van der Waals surface area (Å²) < 4.78 is 0. The molecule has 1 saturated carbocycles. The van der Waals surface area contributed by atoms with Gasteiger partial charge in [0.15, 0.2) is 0 Å². The summed E-state index contributed by atoms with van der Waals surface area (Å²) in [6, 6.07) is 6.31. The van der Waals surface area contributed by atoms with E-state index in [9.17, 15) is 14.4 Å². The molecule has 0 saturated heterocycles. The molecule has 0 spiro atoms. The van der Waals surface area contributed by atoms with Crippen LogP contribution in [0.15, 0.2) is 24.3 Å². The van der Waals surface area contributed by atoms with Gasteiger partial charge in [0, 0.05) is 29.6 Å². The highest BCUT2D eigenvalue weighted by Gasteiger charge is 2.32. The first-order valence-corrected chi connectivity index (χ1v) is 7.97. The summed E-state index contributed by atoms with van der Waals surface area (Å²) in [6.07, 6.45) is 2.51. The van der Waals surface area contributed by atoms with Crippen molar-refractivity contribution in [1.82, 2.24) is 10.6 Å². The maximum Gasteiger partial charge on any atom is 0.251 e. The van der Waals surface area contributed by atoms with Crippen LogP contribution in [0.3, 0.4) is 0 Å². The fraction of sp³-hybridized carbons (Fsp3) is 0.438. The highest BCUT2D eigenvalue weighted by molar-refractivity contribution is 6.30. The second kappa shape index (κ2) is 7.97. The largest absolute Gasteiger partial charge is 0.369 e. The third-order valence-corrected chi connectivity index (χ3v) is 4.22. The maximum atomic E-state index is 11.9. The van der Waals surface area contributed by atoms with Crippen molar-refractivity contribution in [3.8, 4) is 0 Å². The van der Waals surface area contributed by atoms with E-state index in [1.54, 1.807) is 24.3 Å². The summed E-state index contributed by atoms with van der Waals surface area (Å²) in [5.41, 5.74) is 5.81. The van der Waals surface area contributed by atoms with Crippen LogP contribution in [0.5, 0.6) is 0 Å². The number of halogens is 1.